The average Bonchev–Trinajstić information content (AvgIpc) is 2.58. The fourth-order valence-electron chi connectivity index (χ4n) is 1.54. The standard InChI is InChI=1S/C8H13N3O/c1-6-2-10-11(5-6)7-3-9-4-8(7)12/h2,5,7-9,12H,3-4H2,1H3. The highest BCUT2D eigenvalue weighted by molar-refractivity contribution is 5.02. The van der Waals surface area contributed by atoms with Crippen LogP contribution in [0.1, 0.15) is 11.6 Å². The number of aromatic nitrogens is 2. The van der Waals surface area contributed by atoms with Crippen molar-refractivity contribution < 1.29 is 5.11 Å². The van der Waals surface area contributed by atoms with Crippen LogP contribution >= 0.6 is 0 Å². The molecule has 0 bridgehead atoms. The number of β-amino-alcohol motifs (C(OH)–C–C–N with tert-alkyl or cyclic N) is 1. The van der Waals surface area contributed by atoms with Crippen molar-refractivity contribution in [1.82, 2.24) is 15.1 Å². The van der Waals surface area contributed by atoms with E-state index in [9.17, 15) is 5.11 Å². The predicted molar refractivity (Wildman–Crippen MR) is 44.9 cm³/mol. The second kappa shape index (κ2) is 2.88. The van der Waals surface area contributed by atoms with Crippen molar-refractivity contribution in [3.05, 3.63) is 18.0 Å². The average molecular weight is 167 g/mol. The number of hydrogen-bond donors (Lipinski definition) is 2. The van der Waals surface area contributed by atoms with Crippen LogP contribution in [0.5, 0.6) is 0 Å². The Morgan fingerprint density at radius 2 is 2.50 bits per heavy atom. The molecule has 1 aliphatic rings. The molecule has 0 aliphatic carbocycles. The lowest BCUT2D eigenvalue weighted by Crippen LogP contribution is -2.22. The van der Waals surface area contributed by atoms with Crippen LogP contribution in [0.2, 0.25) is 0 Å². The van der Waals surface area contributed by atoms with Crippen molar-refractivity contribution in [3.63, 3.8) is 0 Å². The zero-order valence-electron chi connectivity index (χ0n) is 7.07. The summed E-state index contributed by atoms with van der Waals surface area (Å²) in [5, 5.41) is 16.8. The summed E-state index contributed by atoms with van der Waals surface area (Å²) in [4.78, 5) is 0. The van der Waals surface area contributed by atoms with Gasteiger partial charge in [0.05, 0.1) is 18.3 Å². The number of aliphatic hydroxyl groups is 1. The molecule has 0 spiro atoms. The molecule has 12 heavy (non-hydrogen) atoms. The molecule has 2 N–H and O–H groups in total. The van der Waals surface area contributed by atoms with Crippen LogP contribution in [0.25, 0.3) is 0 Å². The van der Waals surface area contributed by atoms with Crippen molar-refractivity contribution in [2.24, 2.45) is 0 Å². The summed E-state index contributed by atoms with van der Waals surface area (Å²) in [6, 6.07) is 0.110. The van der Waals surface area contributed by atoms with Gasteiger partial charge in [0.1, 0.15) is 0 Å². The summed E-state index contributed by atoms with van der Waals surface area (Å²) in [5.74, 6) is 0. The third kappa shape index (κ3) is 1.23. The van der Waals surface area contributed by atoms with E-state index < -0.39 is 0 Å². The summed E-state index contributed by atoms with van der Waals surface area (Å²) >= 11 is 0. The molecule has 1 fully saturated rings. The summed E-state index contributed by atoms with van der Waals surface area (Å²) < 4.78 is 1.83. The van der Waals surface area contributed by atoms with Gasteiger partial charge in [-0.3, -0.25) is 4.68 Å². The lowest BCUT2D eigenvalue weighted by Gasteiger charge is -2.12. The zero-order valence-corrected chi connectivity index (χ0v) is 7.07. The molecule has 0 aromatic carbocycles. The van der Waals surface area contributed by atoms with E-state index in [2.05, 4.69) is 10.4 Å². The molecule has 1 aromatic heterocycles. The molecule has 0 radical (unpaired) electrons. The van der Waals surface area contributed by atoms with E-state index >= 15 is 0 Å². The molecule has 1 aromatic rings. The Morgan fingerprint density at radius 1 is 1.67 bits per heavy atom. The van der Waals surface area contributed by atoms with Crippen LogP contribution < -0.4 is 5.32 Å². The third-order valence-electron chi connectivity index (χ3n) is 2.22. The maximum atomic E-state index is 9.53. The van der Waals surface area contributed by atoms with Crippen molar-refractivity contribution in [1.29, 1.82) is 0 Å². The molecule has 2 unspecified atom stereocenters. The maximum Gasteiger partial charge on any atom is 0.0914 e. The van der Waals surface area contributed by atoms with Gasteiger partial charge in [-0.15, -0.1) is 0 Å². The van der Waals surface area contributed by atoms with Gasteiger partial charge in [0.2, 0.25) is 0 Å². The van der Waals surface area contributed by atoms with Crippen LogP contribution in [-0.2, 0) is 0 Å². The minimum absolute atomic E-state index is 0.110. The van der Waals surface area contributed by atoms with Crippen LogP contribution in [0.15, 0.2) is 12.4 Å². The Bertz CT molecular complexity index is 271. The monoisotopic (exact) mass is 167 g/mol. The van der Waals surface area contributed by atoms with Crippen molar-refractivity contribution in [3.8, 4) is 0 Å². The number of nitrogens with one attached hydrogen (secondary N) is 1. The fourth-order valence-corrected chi connectivity index (χ4v) is 1.54. The minimum atomic E-state index is -0.302. The van der Waals surface area contributed by atoms with E-state index in [1.54, 1.807) is 0 Å². The first-order valence-corrected chi connectivity index (χ1v) is 4.17. The Labute approximate surface area is 71.2 Å². The summed E-state index contributed by atoms with van der Waals surface area (Å²) in [6.45, 7) is 3.48. The first-order valence-electron chi connectivity index (χ1n) is 4.17. The first-order chi connectivity index (χ1) is 5.77. The highest BCUT2D eigenvalue weighted by Crippen LogP contribution is 2.14. The number of nitrogens with zero attached hydrogens (tertiary/aromatic N) is 2. The SMILES string of the molecule is Cc1cnn(C2CNCC2O)c1. The zero-order chi connectivity index (χ0) is 8.55. The predicted octanol–water partition coefficient (Wildman–Crippen LogP) is -0.303. The fraction of sp³-hybridized carbons (Fsp3) is 0.625. The van der Waals surface area contributed by atoms with Crippen molar-refractivity contribution in [2.45, 2.75) is 19.1 Å². The minimum Gasteiger partial charge on any atom is -0.390 e. The normalized spacial score (nSPS) is 29.5. The number of aryl methyl sites for hydroxylation is 1. The van der Waals surface area contributed by atoms with Gasteiger partial charge < -0.3 is 10.4 Å². The maximum absolute atomic E-state index is 9.53. The number of aliphatic hydroxyl groups excluding tert-OH is 1. The smallest absolute Gasteiger partial charge is 0.0914 e. The van der Waals surface area contributed by atoms with Gasteiger partial charge >= 0.3 is 0 Å². The summed E-state index contributed by atoms with van der Waals surface area (Å²) in [5.41, 5.74) is 1.13. The molecule has 1 saturated heterocycles. The third-order valence-corrected chi connectivity index (χ3v) is 2.22. The van der Waals surface area contributed by atoms with E-state index in [4.69, 9.17) is 0 Å². The van der Waals surface area contributed by atoms with Gasteiger partial charge in [-0.05, 0) is 12.5 Å². The topological polar surface area (TPSA) is 50.1 Å². The van der Waals surface area contributed by atoms with E-state index in [1.165, 1.54) is 0 Å². The first kappa shape index (κ1) is 7.76. The van der Waals surface area contributed by atoms with Gasteiger partial charge in [-0.1, -0.05) is 0 Å². The lowest BCUT2D eigenvalue weighted by molar-refractivity contribution is 0.145. The van der Waals surface area contributed by atoms with Gasteiger partial charge in [0, 0.05) is 19.3 Å². The molecule has 0 saturated carbocycles. The van der Waals surface area contributed by atoms with Crippen molar-refractivity contribution >= 4 is 0 Å². The van der Waals surface area contributed by atoms with E-state index in [0.717, 1.165) is 12.1 Å². The van der Waals surface area contributed by atoms with Crippen LogP contribution in [0.4, 0.5) is 0 Å². The highest BCUT2D eigenvalue weighted by atomic mass is 16.3. The molecular formula is C8H13N3O. The molecule has 4 heteroatoms. The van der Waals surface area contributed by atoms with Crippen molar-refractivity contribution in [2.75, 3.05) is 13.1 Å². The van der Waals surface area contributed by atoms with Gasteiger partial charge in [0.15, 0.2) is 0 Å². The highest BCUT2D eigenvalue weighted by Gasteiger charge is 2.26. The molecule has 0 amide bonds. The Kier molecular flexibility index (Phi) is 1.86. The number of rotatable bonds is 1. The van der Waals surface area contributed by atoms with Gasteiger partial charge in [0.25, 0.3) is 0 Å². The largest absolute Gasteiger partial charge is 0.390 e. The molecule has 2 atom stereocenters. The summed E-state index contributed by atoms with van der Waals surface area (Å²) in [7, 11) is 0. The Morgan fingerprint density at radius 3 is 3.00 bits per heavy atom. The van der Waals surface area contributed by atoms with Crippen LogP contribution in [0, 0.1) is 6.92 Å². The van der Waals surface area contributed by atoms with E-state index in [1.807, 2.05) is 24.0 Å². The Balaban J connectivity index is 2.19. The van der Waals surface area contributed by atoms with E-state index in [0.29, 0.717) is 6.54 Å². The lowest BCUT2D eigenvalue weighted by atomic mass is 10.2. The second-order valence-electron chi connectivity index (χ2n) is 3.29. The molecule has 66 valence electrons. The molecule has 4 nitrogen and oxygen atoms in total. The summed E-state index contributed by atoms with van der Waals surface area (Å²) in [6.07, 6.45) is 3.47. The number of hydrogen-bond acceptors (Lipinski definition) is 3. The molecular weight excluding hydrogens is 154 g/mol. The molecule has 2 heterocycles. The molecule has 2 rings (SSSR count). The van der Waals surface area contributed by atoms with Gasteiger partial charge in [-0.2, -0.15) is 5.10 Å². The quantitative estimate of drug-likeness (QED) is 0.603. The second-order valence-corrected chi connectivity index (χ2v) is 3.29. The van der Waals surface area contributed by atoms with Crippen LogP contribution in [0.3, 0.4) is 0 Å². The molecule has 1 aliphatic heterocycles. The van der Waals surface area contributed by atoms with Gasteiger partial charge in [-0.25, -0.2) is 0 Å². The van der Waals surface area contributed by atoms with E-state index in [-0.39, 0.29) is 12.1 Å². The Hall–Kier alpha value is -0.870. The van der Waals surface area contributed by atoms with Crippen LogP contribution in [-0.4, -0.2) is 34.1 Å².